The van der Waals surface area contributed by atoms with Crippen molar-refractivity contribution in [1.29, 1.82) is 0 Å². The van der Waals surface area contributed by atoms with E-state index in [0.717, 1.165) is 13.2 Å². The van der Waals surface area contributed by atoms with E-state index in [9.17, 15) is 0 Å². The van der Waals surface area contributed by atoms with Crippen LogP contribution in [0.3, 0.4) is 0 Å². The third-order valence-electron chi connectivity index (χ3n) is 1.60. The molecule has 0 aliphatic carbocycles. The fourth-order valence-electron chi connectivity index (χ4n) is 0.881. The summed E-state index contributed by atoms with van der Waals surface area (Å²) in [6.07, 6.45) is 0.387. The van der Waals surface area contributed by atoms with Gasteiger partial charge in [-0.15, -0.1) is 12.4 Å². The van der Waals surface area contributed by atoms with E-state index in [-0.39, 0.29) is 17.9 Å². The fraction of sp³-hybridized carbons (Fsp3) is 1.00. The smallest absolute Gasteiger partial charge is 0.0672 e. The van der Waals surface area contributed by atoms with Gasteiger partial charge in [0.15, 0.2) is 0 Å². The highest BCUT2D eigenvalue weighted by Gasteiger charge is 2.23. The standard InChI is InChI=1S/C7H15NO.ClH/c1-6-4-8-7(2,3)5-9-6;/h6,8H,4-5H2,1-3H3;1H/t6-;/m1./s1. The first-order valence-corrected chi connectivity index (χ1v) is 3.47. The van der Waals surface area contributed by atoms with E-state index < -0.39 is 0 Å². The van der Waals surface area contributed by atoms with Crippen molar-refractivity contribution < 1.29 is 4.74 Å². The molecule has 0 amide bonds. The van der Waals surface area contributed by atoms with Crippen LogP contribution in [0.25, 0.3) is 0 Å². The monoisotopic (exact) mass is 165 g/mol. The summed E-state index contributed by atoms with van der Waals surface area (Å²) in [5.41, 5.74) is 0.187. The van der Waals surface area contributed by atoms with E-state index in [1.807, 2.05) is 0 Å². The zero-order chi connectivity index (χ0) is 6.91. The van der Waals surface area contributed by atoms with E-state index in [1.54, 1.807) is 0 Å². The van der Waals surface area contributed by atoms with Gasteiger partial charge in [0, 0.05) is 12.1 Å². The van der Waals surface area contributed by atoms with Gasteiger partial charge >= 0.3 is 0 Å². The molecule has 1 fully saturated rings. The molecule has 1 rings (SSSR count). The molecule has 62 valence electrons. The molecule has 1 atom stereocenters. The van der Waals surface area contributed by atoms with Gasteiger partial charge in [-0.05, 0) is 20.8 Å². The van der Waals surface area contributed by atoms with Gasteiger partial charge in [-0.2, -0.15) is 0 Å². The molecule has 0 aromatic rings. The third-order valence-corrected chi connectivity index (χ3v) is 1.60. The van der Waals surface area contributed by atoms with Crippen LogP contribution < -0.4 is 5.32 Å². The number of morpholine rings is 1. The molecule has 0 bridgehead atoms. The lowest BCUT2D eigenvalue weighted by molar-refractivity contribution is -0.0113. The summed E-state index contributed by atoms with van der Waals surface area (Å²) in [7, 11) is 0. The minimum absolute atomic E-state index is 0. The van der Waals surface area contributed by atoms with Crippen LogP contribution in [0.4, 0.5) is 0 Å². The zero-order valence-corrected chi connectivity index (χ0v) is 7.62. The number of hydrogen-bond donors (Lipinski definition) is 1. The number of rotatable bonds is 0. The molecule has 0 unspecified atom stereocenters. The largest absolute Gasteiger partial charge is 0.375 e. The highest BCUT2D eigenvalue weighted by molar-refractivity contribution is 5.85. The van der Waals surface area contributed by atoms with Crippen LogP contribution in [0.5, 0.6) is 0 Å². The summed E-state index contributed by atoms with van der Waals surface area (Å²) in [5.74, 6) is 0. The van der Waals surface area contributed by atoms with Gasteiger partial charge in [0.05, 0.1) is 12.7 Å². The van der Waals surface area contributed by atoms with Crippen LogP contribution >= 0.6 is 12.4 Å². The first-order valence-electron chi connectivity index (χ1n) is 3.47. The average molecular weight is 166 g/mol. The van der Waals surface area contributed by atoms with Crippen LogP contribution in [0.15, 0.2) is 0 Å². The lowest BCUT2D eigenvalue weighted by atomic mass is 10.1. The van der Waals surface area contributed by atoms with Crippen molar-refractivity contribution in [2.24, 2.45) is 0 Å². The van der Waals surface area contributed by atoms with Crippen LogP contribution in [-0.4, -0.2) is 24.8 Å². The molecular formula is C7H16ClNO. The van der Waals surface area contributed by atoms with Gasteiger partial charge in [0.1, 0.15) is 0 Å². The quantitative estimate of drug-likeness (QED) is 0.583. The van der Waals surface area contributed by atoms with Gasteiger partial charge in [0.25, 0.3) is 0 Å². The first-order chi connectivity index (χ1) is 4.10. The topological polar surface area (TPSA) is 21.3 Å². The van der Waals surface area contributed by atoms with Crippen molar-refractivity contribution in [1.82, 2.24) is 5.32 Å². The van der Waals surface area contributed by atoms with Gasteiger partial charge in [0.2, 0.25) is 0 Å². The lowest BCUT2D eigenvalue weighted by Gasteiger charge is -2.34. The number of halogens is 1. The maximum absolute atomic E-state index is 5.43. The Kier molecular flexibility index (Phi) is 3.63. The summed E-state index contributed by atoms with van der Waals surface area (Å²) >= 11 is 0. The van der Waals surface area contributed by atoms with E-state index in [1.165, 1.54) is 0 Å². The Bertz CT molecular complexity index is 95.8. The van der Waals surface area contributed by atoms with Crippen LogP contribution in [-0.2, 0) is 4.74 Å². The van der Waals surface area contributed by atoms with Crippen molar-refractivity contribution >= 4 is 12.4 Å². The Morgan fingerprint density at radius 3 is 2.40 bits per heavy atom. The third kappa shape index (κ3) is 2.86. The summed E-state index contributed by atoms with van der Waals surface area (Å²) < 4.78 is 5.43. The van der Waals surface area contributed by atoms with Crippen LogP contribution in [0.2, 0.25) is 0 Å². The molecule has 3 heteroatoms. The van der Waals surface area contributed by atoms with Gasteiger partial charge in [-0.1, -0.05) is 0 Å². The SMILES string of the molecule is C[C@@H]1CNC(C)(C)CO1.Cl. The average Bonchev–Trinajstić information content (AvgIpc) is 1.78. The molecule has 0 radical (unpaired) electrons. The summed E-state index contributed by atoms with van der Waals surface area (Å²) in [5, 5.41) is 3.38. The minimum atomic E-state index is 0. The molecule has 0 spiro atoms. The Morgan fingerprint density at radius 2 is 2.10 bits per heavy atom. The van der Waals surface area contributed by atoms with Crippen molar-refractivity contribution in [3.63, 3.8) is 0 Å². The molecule has 2 nitrogen and oxygen atoms in total. The summed E-state index contributed by atoms with van der Waals surface area (Å²) in [6, 6.07) is 0. The lowest BCUT2D eigenvalue weighted by Crippen LogP contribution is -2.52. The van der Waals surface area contributed by atoms with Crippen molar-refractivity contribution in [2.45, 2.75) is 32.4 Å². The Labute approximate surface area is 68.7 Å². The molecule has 1 heterocycles. The number of hydrogen-bond acceptors (Lipinski definition) is 2. The molecule has 0 aromatic carbocycles. The molecule has 1 aliphatic rings. The first kappa shape index (κ1) is 10.2. The normalized spacial score (nSPS) is 30.9. The fourth-order valence-corrected chi connectivity index (χ4v) is 0.881. The van der Waals surface area contributed by atoms with Gasteiger partial charge in [-0.25, -0.2) is 0 Å². The van der Waals surface area contributed by atoms with E-state index in [0.29, 0.717) is 6.10 Å². The zero-order valence-electron chi connectivity index (χ0n) is 6.81. The van der Waals surface area contributed by atoms with Crippen molar-refractivity contribution in [3.8, 4) is 0 Å². The van der Waals surface area contributed by atoms with Gasteiger partial charge < -0.3 is 10.1 Å². The highest BCUT2D eigenvalue weighted by Crippen LogP contribution is 2.09. The van der Waals surface area contributed by atoms with E-state index in [4.69, 9.17) is 4.74 Å². The maximum Gasteiger partial charge on any atom is 0.0672 e. The predicted octanol–water partition coefficient (Wildman–Crippen LogP) is 1.20. The van der Waals surface area contributed by atoms with Crippen molar-refractivity contribution in [2.75, 3.05) is 13.2 Å². The number of ether oxygens (including phenoxy) is 1. The Morgan fingerprint density at radius 1 is 1.50 bits per heavy atom. The minimum Gasteiger partial charge on any atom is -0.375 e. The summed E-state index contributed by atoms with van der Waals surface area (Å²) in [4.78, 5) is 0. The van der Waals surface area contributed by atoms with E-state index >= 15 is 0 Å². The molecule has 0 saturated carbocycles. The second-order valence-electron chi connectivity index (χ2n) is 3.39. The maximum atomic E-state index is 5.43. The summed E-state index contributed by atoms with van der Waals surface area (Å²) in [6.45, 7) is 8.20. The number of nitrogens with one attached hydrogen (secondary N) is 1. The molecule has 1 aliphatic heterocycles. The Balaban J connectivity index is 0.000000810. The van der Waals surface area contributed by atoms with Crippen LogP contribution in [0.1, 0.15) is 20.8 Å². The second-order valence-corrected chi connectivity index (χ2v) is 3.39. The molecular weight excluding hydrogens is 150 g/mol. The Hall–Kier alpha value is 0.210. The van der Waals surface area contributed by atoms with Gasteiger partial charge in [-0.3, -0.25) is 0 Å². The van der Waals surface area contributed by atoms with Crippen molar-refractivity contribution in [3.05, 3.63) is 0 Å². The van der Waals surface area contributed by atoms with Crippen LogP contribution in [0, 0.1) is 0 Å². The molecule has 0 aromatic heterocycles. The highest BCUT2D eigenvalue weighted by atomic mass is 35.5. The molecule has 1 N–H and O–H groups in total. The van der Waals surface area contributed by atoms with E-state index in [2.05, 4.69) is 26.1 Å². The molecule has 10 heavy (non-hydrogen) atoms. The predicted molar refractivity (Wildman–Crippen MR) is 44.7 cm³/mol. The second kappa shape index (κ2) is 3.56. The molecule has 1 saturated heterocycles.